The van der Waals surface area contributed by atoms with E-state index < -0.39 is 11.7 Å². The first-order chi connectivity index (χ1) is 12.9. The fourth-order valence-corrected chi connectivity index (χ4v) is 3.66. The van der Waals surface area contributed by atoms with E-state index in [0.29, 0.717) is 17.1 Å². The summed E-state index contributed by atoms with van der Waals surface area (Å²) in [6.45, 7) is 2.05. The highest BCUT2D eigenvalue weighted by Crippen LogP contribution is 2.45. The van der Waals surface area contributed by atoms with Crippen molar-refractivity contribution in [3.05, 3.63) is 52.6 Å². The second-order valence-electron chi connectivity index (χ2n) is 6.56. The van der Waals surface area contributed by atoms with Crippen LogP contribution >= 0.6 is 0 Å². The van der Waals surface area contributed by atoms with Gasteiger partial charge < -0.3 is 14.2 Å². The predicted molar refractivity (Wildman–Crippen MR) is 90.3 cm³/mol. The standard InChI is InChI=1S/C20H17F3O4/c1-2-25-17-7-12(20(21,22)23)3-4-14(17)16-8-13(24)5-11-6-18-19(9-15(11)16)27-10-26-18/h3-4,6-7,9,16H,2,5,8,10H2,1H3. The molecule has 0 aromatic heterocycles. The largest absolute Gasteiger partial charge is 0.494 e. The van der Waals surface area contributed by atoms with E-state index in [-0.39, 0.29) is 43.7 Å². The van der Waals surface area contributed by atoms with E-state index in [9.17, 15) is 18.0 Å². The molecule has 0 fully saturated rings. The molecule has 4 nitrogen and oxygen atoms in total. The molecule has 142 valence electrons. The van der Waals surface area contributed by atoms with Crippen LogP contribution in [-0.2, 0) is 17.4 Å². The van der Waals surface area contributed by atoms with Gasteiger partial charge in [0.05, 0.1) is 12.2 Å². The average molecular weight is 378 g/mol. The van der Waals surface area contributed by atoms with Gasteiger partial charge in [-0.3, -0.25) is 4.79 Å². The molecule has 1 unspecified atom stereocenters. The average Bonchev–Trinajstić information content (AvgIpc) is 3.06. The Bertz CT molecular complexity index is 905. The fraction of sp³-hybridized carbons (Fsp3) is 0.350. The maximum Gasteiger partial charge on any atom is 0.416 e. The van der Waals surface area contributed by atoms with Crippen LogP contribution in [0.4, 0.5) is 13.2 Å². The Kier molecular flexibility index (Phi) is 4.25. The van der Waals surface area contributed by atoms with E-state index >= 15 is 0 Å². The number of alkyl halides is 3. The van der Waals surface area contributed by atoms with Crippen LogP contribution in [0.15, 0.2) is 30.3 Å². The number of benzene rings is 2. The number of carbonyl (C=O) groups is 1. The topological polar surface area (TPSA) is 44.8 Å². The van der Waals surface area contributed by atoms with Crippen LogP contribution in [0.2, 0.25) is 0 Å². The van der Waals surface area contributed by atoms with Gasteiger partial charge in [-0.1, -0.05) is 6.07 Å². The summed E-state index contributed by atoms with van der Waals surface area (Å²) < 4.78 is 55.6. The molecule has 0 amide bonds. The number of ketones is 1. The quantitative estimate of drug-likeness (QED) is 0.790. The van der Waals surface area contributed by atoms with Crippen LogP contribution in [0, 0.1) is 0 Å². The second kappa shape index (κ2) is 6.48. The minimum absolute atomic E-state index is 0.0220. The molecule has 0 N–H and O–H groups in total. The van der Waals surface area contributed by atoms with Crippen molar-refractivity contribution in [3.8, 4) is 17.2 Å². The molecule has 0 bridgehead atoms. The van der Waals surface area contributed by atoms with Crippen LogP contribution in [0.3, 0.4) is 0 Å². The normalized spacial score (nSPS) is 18.4. The lowest BCUT2D eigenvalue weighted by atomic mass is 9.77. The van der Waals surface area contributed by atoms with Crippen molar-refractivity contribution in [1.29, 1.82) is 0 Å². The maximum absolute atomic E-state index is 13.1. The summed E-state index contributed by atoms with van der Waals surface area (Å²) in [5.41, 5.74) is 1.46. The summed E-state index contributed by atoms with van der Waals surface area (Å²) in [5.74, 6) is 0.946. The number of hydrogen-bond donors (Lipinski definition) is 0. The van der Waals surface area contributed by atoms with Crippen molar-refractivity contribution in [1.82, 2.24) is 0 Å². The first kappa shape index (κ1) is 17.7. The van der Waals surface area contributed by atoms with Gasteiger partial charge in [-0.05, 0) is 42.3 Å². The Morgan fingerprint density at radius 3 is 2.56 bits per heavy atom. The van der Waals surface area contributed by atoms with Gasteiger partial charge in [-0.15, -0.1) is 0 Å². The Morgan fingerprint density at radius 1 is 1.11 bits per heavy atom. The van der Waals surface area contributed by atoms with E-state index in [1.165, 1.54) is 6.07 Å². The molecule has 1 aliphatic heterocycles. The van der Waals surface area contributed by atoms with Crippen LogP contribution in [0.1, 0.15) is 41.5 Å². The lowest BCUT2D eigenvalue weighted by Crippen LogP contribution is -2.20. The zero-order valence-corrected chi connectivity index (χ0v) is 14.6. The number of rotatable bonds is 3. The molecule has 27 heavy (non-hydrogen) atoms. The van der Waals surface area contributed by atoms with Gasteiger partial charge in [-0.2, -0.15) is 13.2 Å². The summed E-state index contributed by atoms with van der Waals surface area (Å²) >= 11 is 0. The zero-order valence-electron chi connectivity index (χ0n) is 14.6. The van der Waals surface area contributed by atoms with E-state index in [0.717, 1.165) is 23.3 Å². The van der Waals surface area contributed by atoms with Crippen LogP contribution in [0.25, 0.3) is 0 Å². The molecular weight excluding hydrogens is 361 g/mol. The van der Waals surface area contributed by atoms with Crippen molar-refractivity contribution in [2.45, 2.75) is 31.9 Å². The highest BCUT2D eigenvalue weighted by Gasteiger charge is 2.35. The molecule has 1 heterocycles. The lowest BCUT2D eigenvalue weighted by Gasteiger charge is -2.27. The molecule has 0 spiro atoms. The molecule has 0 saturated carbocycles. The van der Waals surface area contributed by atoms with Gasteiger partial charge in [0.1, 0.15) is 11.5 Å². The van der Waals surface area contributed by atoms with Gasteiger partial charge in [0.15, 0.2) is 11.5 Å². The first-order valence-corrected chi connectivity index (χ1v) is 8.65. The highest BCUT2D eigenvalue weighted by atomic mass is 19.4. The van der Waals surface area contributed by atoms with Crippen LogP contribution in [0.5, 0.6) is 17.2 Å². The number of ether oxygens (including phenoxy) is 3. The molecule has 0 radical (unpaired) electrons. The number of Topliss-reactive ketones (excluding diaryl/α,β-unsaturated/α-hetero) is 1. The van der Waals surface area contributed by atoms with Gasteiger partial charge in [0.2, 0.25) is 6.79 Å². The second-order valence-corrected chi connectivity index (χ2v) is 6.56. The summed E-state index contributed by atoms with van der Waals surface area (Å²) in [5, 5.41) is 0. The van der Waals surface area contributed by atoms with Crippen LogP contribution < -0.4 is 14.2 Å². The summed E-state index contributed by atoms with van der Waals surface area (Å²) in [4.78, 5) is 12.3. The van der Waals surface area contributed by atoms with Gasteiger partial charge in [0.25, 0.3) is 0 Å². The molecular formula is C20H17F3O4. The van der Waals surface area contributed by atoms with Gasteiger partial charge in [-0.25, -0.2) is 0 Å². The Morgan fingerprint density at radius 2 is 1.85 bits per heavy atom. The van der Waals surface area contributed by atoms with Gasteiger partial charge >= 0.3 is 6.18 Å². The Hall–Kier alpha value is -2.70. The van der Waals surface area contributed by atoms with Crippen LogP contribution in [-0.4, -0.2) is 19.2 Å². The SMILES string of the molecule is CCOc1cc(C(F)(F)F)ccc1C1CC(=O)Cc2cc3c(cc21)OCO3. The number of hydrogen-bond acceptors (Lipinski definition) is 4. The summed E-state index contributed by atoms with van der Waals surface area (Å²) in [7, 11) is 0. The molecule has 2 aromatic carbocycles. The zero-order chi connectivity index (χ0) is 19.2. The first-order valence-electron chi connectivity index (χ1n) is 8.65. The van der Waals surface area contributed by atoms with Crippen molar-refractivity contribution in [2.24, 2.45) is 0 Å². The van der Waals surface area contributed by atoms with Crippen molar-refractivity contribution >= 4 is 5.78 Å². The number of fused-ring (bicyclic) bond motifs is 2. The third-order valence-electron chi connectivity index (χ3n) is 4.85. The third kappa shape index (κ3) is 3.22. The molecule has 0 saturated heterocycles. The van der Waals surface area contributed by atoms with E-state index in [4.69, 9.17) is 14.2 Å². The predicted octanol–water partition coefficient (Wildman–Crippen LogP) is 4.48. The lowest BCUT2D eigenvalue weighted by molar-refractivity contribution is -0.137. The summed E-state index contributed by atoms with van der Waals surface area (Å²) in [6.07, 6.45) is -3.98. The van der Waals surface area contributed by atoms with E-state index in [2.05, 4.69) is 0 Å². The summed E-state index contributed by atoms with van der Waals surface area (Å²) in [6, 6.07) is 7.05. The minimum Gasteiger partial charge on any atom is -0.494 e. The third-order valence-corrected chi connectivity index (χ3v) is 4.85. The Balaban J connectivity index is 1.83. The molecule has 1 atom stereocenters. The number of carbonyl (C=O) groups excluding carboxylic acids is 1. The fourth-order valence-electron chi connectivity index (χ4n) is 3.66. The van der Waals surface area contributed by atoms with Gasteiger partial charge in [0, 0.05) is 24.3 Å². The van der Waals surface area contributed by atoms with E-state index in [1.807, 2.05) is 6.07 Å². The van der Waals surface area contributed by atoms with Crippen molar-refractivity contribution in [3.63, 3.8) is 0 Å². The molecule has 7 heteroatoms. The molecule has 1 aliphatic carbocycles. The maximum atomic E-state index is 13.1. The number of halogens is 3. The smallest absolute Gasteiger partial charge is 0.416 e. The Labute approximate surface area is 153 Å². The molecule has 4 rings (SSSR count). The molecule has 2 aliphatic rings. The van der Waals surface area contributed by atoms with E-state index in [1.54, 1.807) is 13.0 Å². The van der Waals surface area contributed by atoms with Crippen molar-refractivity contribution in [2.75, 3.05) is 13.4 Å². The highest BCUT2D eigenvalue weighted by molar-refractivity contribution is 5.85. The van der Waals surface area contributed by atoms with Crippen molar-refractivity contribution < 1.29 is 32.2 Å². The molecule has 2 aromatic rings. The minimum atomic E-state index is -4.46. The monoisotopic (exact) mass is 378 g/mol.